The normalized spacial score (nSPS) is 13.0. The Hall–Kier alpha value is -3.61. The lowest BCUT2D eigenvalue weighted by molar-refractivity contribution is -0.870. The summed E-state index contributed by atoms with van der Waals surface area (Å²) in [4.78, 5) is 59.0. The maximum atomic E-state index is 12.7. The number of likely N-dealkylation sites (N-methyl/N-ethyl adjacent to an activating group) is 1. The Balaban J connectivity index is 1.61. The van der Waals surface area contributed by atoms with Gasteiger partial charge in [-0.25, -0.2) is 0 Å². The number of rotatable bonds is 34. The minimum Gasteiger partial charge on any atom is -0.756 e. The second kappa shape index (κ2) is 28.7. The van der Waals surface area contributed by atoms with Gasteiger partial charge in [0.1, 0.15) is 43.8 Å². The lowest BCUT2D eigenvalue weighted by Gasteiger charge is -2.28. The predicted molar refractivity (Wildman–Crippen MR) is 212 cm³/mol. The molecule has 13 nitrogen and oxygen atoms in total. The highest BCUT2D eigenvalue weighted by Gasteiger charge is 2.21. The molecule has 0 aromatic heterocycles. The first-order chi connectivity index (χ1) is 26.9. The molecule has 0 aliphatic heterocycles. The van der Waals surface area contributed by atoms with Crippen molar-refractivity contribution in [2.45, 2.75) is 109 Å². The molecule has 0 saturated carbocycles. The quantitative estimate of drug-likeness (QED) is 0.0223. The topological polar surface area (TPSA) is 164 Å². The summed E-state index contributed by atoms with van der Waals surface area (Å²) in [7, 11) is 1.04. The van der Waals surface area contributed by atoms with Gasteiger partial charge in [0.2, 0.25) is 0 Å². The Bertz CT molecular complexity index is 1430. The van der Waals surface area contributed by atoms with Crippen LogP contribution in [-0.2, 0) is 32.7 Å². The van der Waals surface area contributed by atoms with Gasteiger partial charge < -0.3 is 37.4 Å². The fourth-order valence-corrected chi connectivity index (χ4v) is 6.16. The molecule has 0 saturated heterocycles. The highest BCUT2D eigenvalue weighted by molar-refractivity contribution is 7.45. The summed E-state index contributed by atoms with van der Waals surface area (Å²) < 4.78 is 45.1. The van der Waals surface area contributed by atoms with Crippen LogP contribution in [0.1, 0.15) is 123 Å². The first-order valence-electron chi connectivity index (χ1n) is 20.0. The largest absolute Gasteiger partial charge is 0.756 e. The van der Waals surface area contributed by atoms with E-state index in [0.717, 1.165) is 101 Å². The van der Waals surface area contributed by atoms with E-state index in [-0.39, 0.29) is 26.1 Å². The molecule has 0 heterocycles. The van der Waals surface area contributed by atoms with Crippen molar-refractivity contribution in [1.29, 1.82) is 0 Å². The summed E-state index contributed by atoms with van der Waals surface area (Å²) in [5.74, 6) is 0.530. The van der Waals surface area contributed by atoms with Crippen LogP contribution in [-0.4, -0.2) is 95.8 Å². The van der Waals surface area contributed by atoms with Crippen LogP contribution in [0, 0.1) is 0 Å². The number of phosphoric ester groups is 1. The summed E-state index contributed by atoms with van der Waals surface area (Å²) in [5, 5.41) is 0. The summed E-state index contributed by atoms with van der Waals surface area (Å²) in [6, 6.07) is 14.1. The van der Waals surface area contributed by atoms with Crippen molar-refractivity contribution in [2.24, 2.45) is 0 Å². The molecule has 0 amide bonds. The van der Waals surface area contributed by atoms with E-state index >= 15 is 0 Å². The summed E-state index contributed by atoms with van der Waals surface area (Å²) in [6.07, 6.45) is 13.9. The Morgan fingerprint density at radius 1 is 0.607 bits per heavy atom. The number of carbonyl (C=O) groups is 4. The molecule has 56 heavy (non-hydrogen) atoms. The summed E-state index contributed by atoms with van der Waals surface area (Å²) in [5.41, 5.74) is 1.23. The number of carbonyl (C=O) groups excluding carboxylic acids is 4. The molecule has 0 radical (unpaired) electrons. The predicted octanol–water partition coefficient (Wildman–Crippen LogP) is 7.67. The standard InChI is InChI=1S/C42H64NO12P/c1-43(2,3)28-31-53-56(48,49)54-35-40(55-42(47)19-15-11-7-5-9-13-17-30-51-39-26-22-37(33-45)23-27-39)34-52-41(46)18-14-10-6-4-8-12-16-29-50-38-24-20-36(32-44)21-25-38/h20-27,32-33,40H,4-19,28-31,34-35H2,1-3H3/t40-/m1/s1. The van der Waals surface area contributed by atoms with Crippen LogP contribution in [0.2, 0.25) is 0 Å². The van der Waals surface area contributed by atoms with Crippen molar-refractivity contribution >= 4 is 32.3 Å². The monoisotopic (exact) mass is 805 g/mol. The molecular weight excluding hydrogens is 741 g/mol. The smallest absolute Gasteiger partial charge is 0.306 e. The number of nitrogens with zero attached hydrogens (tertiary/aromatic N) is 1. The molecule has 0 fully saturated rings. The Morgan fingerprint density at radius 2 is 1.04 bits per heavy atom. The zero-order valence-electron chi connectivity index (χ0n) is 33.7. The van der Waals surface area contributed by atoms with Gasteiger partial charge in [-0.1, -0.05) is 64.2 Å². The maximum Gasteiger partial charge on any atom is 0.306 e. The van der Waals surface area contributed by atoms with Gasteiger partial charge in [-0.3, -0.25) is 23.7 Å². The van der Waals surface area contributed by atoms with Gasteiger partial charge in [0.25, 0.3) is 7.82 Å². The molecule has 2 atom stereocenters. The molecule has 0 spiro atoms. The van der Waals surface area contributed by atoms with Crippen LogP contribution in [0.3, 0.4) is 0 Å². The number of ether oxygens (including phenoxy) is 4. The van der Waals surface area contributed by atoms with Crippen molar-refractivity contribution in [1.82, 2.24) is 0 Å². The summed E-state index contributed by atoms with van der Waals surface area (Å²) in [6.45, 7) is 0.760. The Labute approximate surface area is 333 Å². The van der Waals surface area contributed by atoms with E-state index < -0.39 is 32.5 Å². The fourth-order valence-electron chi connectivity index (χ4n) is 5.43. The highest BCUT2D eigenvalue weighted by atomic mass is 31.2. The van der Waals surface area contributed by atoms with Crippen LogP contribution in [0.15, 0.2) is 48.5 Å². The van der Waals surface area contributed by atoms with Gasteiger partial charge in [-0.2, -0.15) is 0 Å². The zero-order valence-corrected chi connectivity index (χ0v) is 34.6. The SMILES string of the molecule is C[N+](C)(C)CCOP(=O)([O-])OC[C@@H](COC(=O)CCCCCCCCCOc1ccc(C=O)cc1)OC(=O)CCCCCCCCCOc1ccc(C=O)cc1. The minimum absolute atomic E-state index is 0.0666. The number of quaternary nitrogens is 1. The van der Waals surface area contributed by atoms with Gasteiger partial charge in [0.05, 0.1) is 41.0 Å². The fraction of sp³-hybridized carbons (Fsp3) is 0.619. The lowest BCUT2D eigenvalue weighted by atomic mass is 10.1. The van der Waals surface area contributed by atoms with Crippen LogP contribution >= 0.6 is 7.82 Å². The molecule has 2 aromatic carbocycles. The number of esters is 2. The van der Waals surface area contributed by atoms with Gasteiger partial charge in [-0.05, 0) is 74.2 Å². The molecule has 0 bridgehead atoms. The van der Waals surface area contributed by atoms with Gasteiger partial charge in [0, 0.05) is 24.0 Å². The van der Waals surface area contributed by atoms with Crippen LogP contribution in [0.5, 0.6) is 11.5 Å². The van der Waals surface area contributed by atoms with E-state index in [4.69, 9.17) is 28.0 Å². The number of benzene rings is 2. The molecule has 0 aliphatic rings. The molecule has 2 aromatic rings. The number of hydrogen-bond acceptors (Lipinski definition) is 12. The molecule has 0 N–H and O–H groups in total. The molecular formula is C42H64NO12P. The van der Waals surface area contributed by atoms with Crippen molar-refractivity contribution in [3.05, 3.63) is 59.7 Å². The van der Waals surface area contributed by atoms with E-state index in [1.54, 1.807) is 48.5 Å². The van der Waals surface area contributed by atoms with Crippen molar-refractivity contribution in [2.75, 3.05) is 60.7 Å². The molecule has 1 unspecified atom stereocenters. The Morgan fingerprint density at radius 3 is 1.48 bits per heavy atom. The van der Waals surface area contributed by atoms with Gasteiger partial charge >= 0.3 is 11.9 Å². The zero-order chi connectivity index (χ0) is 40.9. The number of unbranched alkanes of at least 4 members (excludes halogenated alkanes) is 12. The number of phosphoric acid groups is 1. The maximum absolute atomic E-state index is 12.7. The van der Waals surface area contributed by atoms with Gasteiger partial charge in [0.15, 0.2) is 6.10 Å². The summed E-state index contributed by atoms with van der Waals surface area (Å²) >= 11 is 0. The highest BCUT2D eigenvalue weighted by Crippen LogP contribution is 2.38. The third-order valence-corrected chi connectivity index (χ3v) is 9.74. The third-order valence-electron chi connectivity index (χ3n) is 8.78. The average molecular weight is 806 g/mol. The van der Waals surface area contributed by atoms with Crippen LogP contribution in [0.25, 0.3) is 0 Å². The molecule has 14 heteroatoms. The van der Waals surface area contributed by atoms with Crippen molar-refractivity contribution in [3.63, 3.8) is 0 Å². The molecule has 2 rings (SSSR count). The minimum atomic E-state index is -4.67. The van der Waals surface area contributed by atoms with Crippen LogP contribution in [0.4, 0.5) is 0 Å². The molecule has 314 valence electrons. The first kappa shape index (κ1) is 48.5. The van der Waals surface area contributed by atoms with Crippen molar-refractivity contribution in [3.8, 4) is 11.5 Å². The Kier molecular flexibility index (Phi) is 24.9. The van der Waals surface area contributed by atoms with Gasteiger partial charge in [-0.15, -0.1) is 0 Å². The second-order valence-corrected chi connectivity index (χ2v) is 16.3. The van der Waals surface area contributed by atoms with E-state index in [1.807, 2.05) is 21.1 Å². The molecule has 0 aliphatic carbocycles. The second-order valence-electron chi connectivity index (χ2n) is 14.9. The third kappa shape index (κ3) is 25.5. The first-order valence-corrected chi connectivity index (χ1v) is 21.5. The lowest BCUT2D eigenvalue weighted by Crippen LogP contribution is -2.37. The van der Waals surface area contributed by atoms with E-state index in [9.17, 15) is 28.6 Å². The van der Waals surface area contributed by atoms with Crippen LogP contribution < -0.4 is 14.4 Å². The van der Waals surface area contributed by atoms with E-state index in [1.165, 1.54) is 0 Å². The van der Waals surface area contributed by atoms with E-state index in [0.29, 0.717) is 48.2 Å². The average Bonchev–Trinajstić information content (AvgIpc) is 3.17. The number of hydrogen-bond donors (Lipinski definition) is 0. The number of aldehydes is 2. The van der Waals surface area contributed by atoms with E-state index in [2.05, 4.69) is 0 Å². The van der Waals surface area contributed by atoms with Crippen molar-refractivity contribution < 1.29 is 61.1 Å².